The highest BCUT2D eigenvalue weighted by molar-refractivity contribution is 5.51. The fourth-order valence-corrected chi connectivity index (χ4v) is 1.73. The molecule has 7 nitrogen and oxygen atoms in total. The van der Waals surface area contributed by atoms with E-state index in [4.69, 9.17) is 21.5 Å². The molecule has 0 bridgehead atoms. The van der Waals surface area contributed by atoms with Gasteiger partial charge in [-0.25, -0.2) is 0 Å². The van der Waals surface area contributed by atoms with Crippen molar-refractivity contribution in [1.29, 1.82) is 15.8 Å². The zero-order valence-electron chi connectivity index (χ0n) is 8.39. The van der Waals surface area contributed by atoms with Crippen LogP contribution >= 0.6 is 0 Å². The van der Waals surface area contributed by atoms with Crippen molar-refractivity contribution in [1.82, 2.24) is 0 Å². The molecule has 2 N–H and O–H groups in total. The number of hydrogen-bond donors (Lipinski definition) is 1. The first-order valence-corrected chi connectivity index (χ1v) is 4.26. The molecule has 80 valence electrons. The minimum atomic E-state index is -1.80. The van der Waals surface area contributed by atoms with E-state index in [2.05, 4.69) is 0 Å². The smallest absolute Gasteiger partial charge is 0.262 e. The molecule has 16 heavy (non-hydrogen) atoms. The molecule has 0 radical (unpaired) electrons. The Bertz CT molecular complexity index is 501. The summed E-state index contributed by atoms with van der Waals surface area (Å²) < 4.78 is 0. The van der Waals surface area contributed by atoms with Crippen molar-refractivity contribution >= 4 is 0 Å². The van der Waals surface area contributed by atoms with Crippen LogP contribution in [-0.2, 0) is 0 Å². The van der Waals surface area contributed by atoms with Crippen molar-refractivity contribution in [3.05, 3.63) is 21.4 Å². The quantitative estimate of drug-likeness (QED) is 0.491. The van der Waals surface area contributed by atoms with E-state index in [1.165, 1.54) is 6.92 Å². The lowest BCUT2D eigenvalue weighted by atomic mass is 9.82. The topological polar surface area (TPSA) is 141 Å². The number of nitriles is 3. The zero-order chi connectivity index (χ0) is 12.6. The van der Waals surface area contributed by atoms with Gasteiger partial charge >= 0.3 is 0 Å². The summed E-state index contributed by atoms with van der Waals surface area (Å²) in [6, 6.07) is 4.91. The molecule has 0 heterocycles. The summed E-state index contributed by atoms with van der Waals surface area (Å²) in [5.74, 6) is 0. The van der Waals surface area contributed by atoms with Crippen LogP contribution in [-0.4, -0.2) is 10.5 Å². The number of nitrogens with two attached hydrogens (primary N) is 1. The maximum absolute atomic E-state index is 10.9. The third-order valence-electron chi connectivity index (χ3n) is 2.78. The Morgan fingerprint density at radius 2 is 1.94 bits per heavy atom. The fourth-order valence-electron chi connectivity index (χ4n) is 1.73. The van der Waals surface area contributed by atoms with Crippen molar-refractivity contribution in [2.45, 2.75) is 18.9 Å². The van der Waals surface area contributed by atoms with E-state index >= 15 is 0 Å². The zero-order valence-corrected chi connectivity index (χ0v) is 8.39. The summed E-state index contributed by atoms with van der Waals surface area (Å²) in [7, 11) is 0. The molecule has 0 aromatic heterocycles. The molecule has 0 aliphatic heterocycles. The van der Waals surface area contributed by atoms with Gasteiger partial charge in [-0.15, -0.1) is 0 Å². The van der Waals surface area contributed by atoms with E-state index in [9.17, 15) is 10.1 Å². The van der Waals surface area contributed by atoms with Crippen LogP contribution in [0.5, 0.6) is 0 Å². The van der Waals surface area contributed by atoms with Crippen molar-refractivity contribution in [2.75, 3.05) is 0 Å². The van der Waals surface area contributed by atoms with E-state index in [0.29, 0.717) is 0 Å². The number of allylic oxidation sites excluding steroid dienone is 1. The van der Waals surface area contributed by atoms with Crippen LogP contribution in [0.3, 0.4) is 0 Å². The monoisotopic (exact) mass is 217 g/mol. The maximum atomic E-state index is 10.9. The highest BCUT2D eigenvalue weighted by Gasteiger charge is 2.60. The summed E-state index contributed by atoms with van der Waals surface area (Å²) in [6.07, 6.45) is -0.394. The molecule has 0 aromatic carbocycles. The Morgan fingerprint density at radius 1 is 1.44 bits per heavy atom. The highest BCUT2D eigenvalue weighted by atomic mass is 16.6. The lowest BCUT2D eigenvalue weighted by Crippen LogP contribution is -2.39. The lowest BCUT2D eigenvalue weighted by molar-refractivity contribution is -0.554. The van der Waals surface area contributed by atoms with E-state index in [1.54, 1.807) is 18.2 Å². The average molecular weight is 217 g/mol. The van der Waals surface area contributed by atoms with Crippen LogP contribution in [0.1, 0.15) is 13.3 Å². The first-order valence-electron chi connectivity index (χ1n) is 4.26. The van der Waals surface area contributed by atoms with Gasteiger partial charge in [-0.05, 0) is 0 Å². The standard InChI is InChI=1S/C9H7N5O2/c1-8(14(15)16)3-9(4-11,5-12)6(2-10)7(8)13/h3,13H2,1H3. The van der Waals surface area contributed by atoms with Crippen molar-refractivity contribution in [2.24, 2.45) is 11.1 Å². The van der Waals surface area contributed by atoms with Gasteiger partial charge in [-0.2, -0.15) is 15.8 Å². The molecule has 1 aliphatic rings. The number of rotatable bonds is 1. The molecule has 0 amide bonds. The molecular formula is C9H7N5O2. The van der Waals surface area contributed by atoms with Crippen molar-refractivity contribution in [3.8, 4) is 18.2 Å². The van der Waals surface area contributed by atoms with Gasteiger partial charge in [-0.3, -0.25) is 10.1 Å². The lowest BCUT2D eigenvalue weighted by Gasteiger charge is -2.16. The second-order valence-corrected chi connectivity index (χ2v) is 3.74. The van der Waals surface area contributed by atoms with Crippen molar-refractivity contribution in [3.63, 3.8) is 0 Å². The maximum Gasteiger partial charge on any atom is 0.262 e. The molecular weight excluding hydrogens is 210 g/mol. The Labute approximate surface area is 91.1 Å². The van der Waals surface area contributed by atoms with Gasteiger partial charge in [0.15, 0.2) is 5.41 Å². The molecule has 1 unspecified atom stereocenters. The molecule has 0 saturated carbocycles. The predicted octanol–water partition coefficient (Wildman–Crippen LogP) is 0.195. The molecule has 1 aliphatic carbocycles. The molecule has 0 spiro atoms. The Hall–Kier alpha value is -2.59. The highest BCUT2D eigenvalue weighted by Crippen LogP contribution is 2.47. The van der Waals surface area contributed by atoms with Crippen LogP contribution in [0.4, 0.5) is 0 Å². The SMILES string of the molecule is CC1([N+](=O)[O-])CC(C#N)(C#N)C(C#N)=C1N. The molecule has 0 aromatic rings. The van der Waals surface area contributed by atoms with Gasteiger partial charge < -0.3 is 5.73 Å². The minimum Gasteiger partial charge on any atom is -0.395 e. The van der Waals surface area contributed by atoms with Crippen LogP contribution in [0, 0.1) is 49.5 Å². The third-order valence-corrected chi connectivity index (χ3v) is 2.78. The summed E-state index contributed by atoms with van der Waals surface area (Å²) >= 11 is 0. The van der Waals surface area contributed by atoms with Crippen LogP contribution in [0.15, 0.2) is 11.3 Å². The van der Waals surface area contributed by atoms with E-state index in [0.717, 1.165) is 0 Å². The average Bonchev–Trinajstić information content (AvgIpc) is 2.49. The Morgan fingerprint density at radius 3 is 2.19 bits per heavy atom. The van der Waals surface area contributed by atoms with Gasteiger partial charge in [0.25, 0.3) is 5.54 Å². The van der Waals surface area contributed by atoms with Crippen LogP contribution in [0.2, 0.25) is 0 Å². The Kier molecular flexibility index (Phi) is 2.31. The van der Waals surface area contributed by atoms with E-state index in [-0.39, 0.29) is 11.3 Å². The molecule has 1 rings (SSSR count). The molecule has 1 atom stereocenters. The first kappa shape index (κ1) is 11.5. The number of hydrogen-bond acceptors (Lipinski definition) is 6. The minimum absolute atomic E-state index is 0.303. The molecule has 0 saturated heterocycles. The molecule has 7 heteroatoms. The van der Waals surface area contributed by atoms with E-state index in [1.807, 2.05) is 0 Å². The summed E-state index contributed by atoms with van der Waals surface area (Å²) in [5, 5.41) is 37.5. The van der Waals surface area contributed by atoms with Gasteiger partial charge in [0, 0.05) is 11.8 Å². The fraction of sp³-hybridized carbons (Fsp3) is 0.444. The second kappa shape index (κ2) is 3.22. The normalized spacial score (nSPS) is 26.6. The van der Waals surface area contributed by atoms with Crippen LogP contribution in [0.25, 0.3) is 0 Å². The van der Waals surface area contributed by atoms with Gasteiger partial charge in [0.2, 0.25) is 0 Å². The molecule has 0 fully saturated rings. The summed E-state index contributed by atoms with van der Waals surface area (Å²) in [5.41, 5.74) is 1.37. The van der Waals surface area contributed by atoms with Crippen molar-refractivity contribution < 1.29 is 4.92 Å². The van der Waals surface area contributed by atoms with Gasteiger partial charge in [0.1, 0.15) is 5.70 Å². The first-order chi connectivity index (χ1) is 7.38. The Balaban J connectivity index is 3.53. The third kappa shape index (κ3) is 1.11. The largest absolute Gasteiger partial charge is 0.395 e. The van der Waals surface area contributed by atoms with Crippen LogP contribution < -0.4 is 5.73 Å². The summed E-state index contributed by atoms with van der Waals surface area (Å²) in [4.78, 5) is 10.2. The second-order valence-electron chi connectivity index (χ2n) is 3.74. The predicted molar refractivity (Wildman–Crippen MR) is 50.5 cm³/mol. The number of nitro groups is 1. The number of nitrogens with zero attached hydrogens (tertiary/aromatic N) is 4. The van der Waals surface area contributed by atoms with E-state index < -0.39 is 22.3 Å². The van der Waals surface area contributed by atoms with Gasteiger partial charge in [0.05, 0.1) is 30.2 Å². The van der Waals surface area contributed by atoms with Gasteiger partial charge in [-0.1, -0.05) is 0 Å². The summed E-state index contributed by atoms with van der Waals surface area (Å²) in [6.45, 7) is 1.20.